The van der Waals surface area contributed by atoms with Crippen molar-refractivity contribution in [2.75, 3.05) is 25.6 Å². The van der Waals surface area contributed by atoms with Gasteiger partial charge in [-0.2, -0.15) is 0 Å². The molecule has 1 aromatic rings. The second-order valence-electron chi connectivity index (χ2n) is 4.53. The van der Waals surface area contributed by atoms with E-state index in [4.69, 9.17) is 21.7 Å². The van der Waals surface area contributed by atoms with E-state index >= 15 is 0 Å². The van der Waals surface area contributed by atoms with Gasteiger partial charge < -0.3 is 9.47 Å². The fourth-order valence-electron chi connectivity index (χ4n) is 1.98. The lowest BCUT2D eigenvalue weighted by molar-refractivity contribution is -0.121. The van der Waals surface area contributed by atoms with E-state index in [-0.39, 0.29) is 5.91 Å². The SMILES string of the molecule is C=CCN1C(=O)/C(=C\c2ccc(OCCBr)c(OC)c2)SC1=S. The molecule has 122 valence electrons. The average Bonchev–Trinajstić information content (AvgIpc) is 2.81. The molecule has 0 bridgehead atoms. The summed E-state index contributed by atoms with van der Waals surface area (Å²) < 4.78 is 11.5. The summed E-state index contributed by atoms with van der Waals surface area (Å²) in [6.45, 7) is 4.62. The summed E-state index contributed by atoms with van der Waals surface area (Å²) in [6.07, 6.45) is 3.46. The van der Waals surface area contributed by atoms with E-state index in [9.17, 15) is 4.79 Å². The summed E-state index contributed by atoms with van der Waals surface area (Å²) in [5.74, 6) is 1.20. The first-order valence-corrected chi connectivity index (χ1v) is 9.18. The Morgan fingerprint density at radius 3 is 2.87 bits per heavy atom. The van der Waals surface area contributed by atoms with E-state index in [1.807, 2.05) is 18.2 Å². The molecule has 0 aromatic heterocycles. The van der Waals surface area contributed by atoms with Gasteiger partial charge in [0.2, 0.25) is 0 Å². The van der Waals surface area contributed by atoms with Crippen molar-refractivity contribution in [1.82, 2.24) is 4.90 Å². The lowest BCUT2D eigenvalue weighted by Crippen LogP contribution is -2.27. The van der Waals surface area contributed by atoms with Crippen LogP contribution in [0.15, 0.2) is 35.8 Å². The molecular weight excluding hydrogens is 398 g/mol. The maximum absolute atomic E-state index is 12.3. The summed E-state index contributed by atoms with van der Waals surface area (Å²) in [4.78, 5) is 14.4. The molecular formula is C16H16BrNO3S2. The fourth-order valence-corrected chi connectivity index (χ4v) is 3.42. The standard InChI is InChI=1S/C16H16BrNO3S2/c1-3-7-18-15(19)14(23-16(18)22)10-11-4-5-12(21-8-6-17)13(9-11)20-2/h3-5,9-10H,1,6-8H2,2H3/b14-10+. The van der Waals surface area contributed by atoms with Crippen molar-refractivity contribution in [2.45, 2.75) is 0 Å². The van der Waals surface area contributed by atoms with Gasteiger partial charge in [-0.15, -0.1) is 6.58 Å². The van der Waals surface area contributed by atoms with Gasteiger partial charge in [-0.1, -0.05) is 52.1 Å². The van der Waals surface area contributed by atoms with Crippen LogP contribution in [-0.4, -0.2) is 40.7 Å². The first-order valence-electron chi connectivity index (χ1n) is 6.83. The number of hydrogen-bond donors (Lipinski definition) is 0. The average molecular weight is 414 g/mol. The van der Waals surface area contributed by atoms with Gasteiger partial charge in [-0.3, -0.25) is 9.69 Å². The first kappa shape index (κ1) is 18.0. The van der Waals surface area contributed by atoms with Crippen molar-refractivity contribution in [3.63, 3.8) is 0 Å². The monoisotopic (exact) mass is 413 g/mol. The van der Waals surface area contributed by atoms with E-state index in [2.05, 4.69) is 22.5 Å². The highest BCUT2D eigenvalue weighted by atomic mass is 79.9. The Morgan fingerprint density at radius 1 is 1.43 bits per heavy atom. The summed E-state index contributed by atoms with van der Waals surface area (Å²) in [7, 11) is 1.59. The number of hydrogen-bond acceptors (Lipinski definition) is 5. The second-order valence-corrected chi connectivity index (χ2v) is 7.00. The van der Waals surface area contributed by atoms with Crippen LogP contribution in [0.2, 0.25) is 0 Å². The van der Waals surface area contributed by atoms with Gasteiger partial charge in [0.15, 0.2) is 11.5 Å². The minimum atomic E-state index is -0.0986. The zero-order valence-electron chi connectivity index (χ0n) is 12.6. The summed E-state index contributed by atoms with van der Waals surface area (Å²) in [5.41, 5.74) is 0.854. The Labute approximate surface area is 153 Å². The molecule has 1 aromatic carbocycles. The van der Waals surface area contributed by atoms with E-state index in [0.29, 0.717) is 33.9 Å². The Balaban J connectivity index is 2.24. The maximum Gasteiger partial charge on any atom is 0.266 e. The molecule has 1 aliphatic rings. The van der Waals surface area contributed by atoms with Crippen molar-refractivity contribution in [1.29, 1.82) is 0 Å². The lowest BCUT2D eigenvalue weighted by Gasteiger charge is -2.11. The number of carbonyl (C=O) groups excluding carboxylic acids is 1. The molecule has 0 saturated carbocycles. The number of rotatable bonds is 7. The third-order valence-corrected chi connectivity index (χ3v) is 4.71. The van der Waals surface area contributed by atoms with Gasteiger partial charge in [-0.05, 0) is 23.8 Å². The quantitative estimate of drug-likeness (QED) is 0.293. The number of nitrogens with zero attached hydrogens (tertiary/aromatic N) is 1. The predicted octanol–water partition coefficient (Wildman–Crippen LogP) is 3.86. The van der Waals surface area contributed by atoms with Crippen LogP contribution >= 0.6 is 39.9 Å². The molecule has 0 aliphatic carbocycles. The third-order valence-electron chi connectivity index (χ3n) is 3.01. The van der Waals surface area contributed by atoms with E-state index in [1.54, 1.807) is 19.3 Å². The van der Waals surface area contributed by atoms with E-state index in [1.165, 1.54) is 16.7 Å². The predicted molar refractivity (Wildman–Crippen MR) is 102 cm³/mol. The molecule has 0 spiro atoms. The van der Waals surface area contributed by atoms with Gasteiger partial charge in [0.25, 0.3) is 5.91 Å². The normalized spacial score (nSPS) is 16.1. The van der Waals surface area contributed by atoms with Crippen molar-refractivity contribution in [3.05, 3.63) is 41.3 Å². The Kier molecular flexibility index (Phi) is 6.68. The molecule has 0 N–H and O–H groups in total. The molecule has 1 fully saturated rings. The van der Waals surface area contributed by atoms with Crippen molar-refractivity contribution < 1.29 is 14.3 Å². The molecule has 2 rings (SSSR count). The minimum Gasteiger partial charge on any atom is -0.493 e. The molecule has 0 radical (unpaired) electrons. The number of benzene rings is 1. The minimum absolute atomic E-state index is 0.0986. The molecule has 7 heteroatoms. The fraction of sp³-hybridized carbons (Fsp3) is 0.250. The molecule has 23 heavy (non-hydrogen) atoms. The van der Waals surface area contributed by atoms with Gasteiger partial charge in [0.05, 0.1) is 18.6 Å². The van der Waals surface area contributed by atoms with Crippen LogP contribution in [0.1, 0.15) is 5.56 Å². The smallest absolute Gasteiger partial charge is 0.266 e. The van der Waals surface area contributed by atoms with E-state index in [0.717, 1.165) is 10.9 Å². The Bertz CT molecular complexity index is 661. The summed E-state index contributed by atoms with van der Waals surface area (Å²) >= 11 is 9.83. The molecule has 1 heterocycles. The molecule has 0 unspecified atom stereocenters. The highest BCUT2D eigenvalue weighted by molar-refractivity contribution is 9.09. The molecule has 1 saturated heterocycles. The van der Waals surface area contributed by atoms with Crippen LogP contribution in [-0.2, 0) is 4.79 Å². The number of thioether (sulfide) groups is 1. The van der Waals surface area contributed by atoms with Crippen LogP contribution in [0, 0.1) is 0 Å². The third kappa shape index (κ3) is 4.37. The number of ether oxygens (including phenoxy) is 2. The van der Waals surface area contributed by atoms with Crippen LogP contribution in [0.25, 0.3) is 6.08 Å². The zero-order valence-corrected chi connectivity index (χ0v) is 15.8. The number of methoxy groups -OCH3 is 1. The van der Waals surface area contributed by atoms with Gasteiger partial charge in [-0.25, -0.2) is 0 Å². The van der Waals surface area contributed by atoms with Crippen molar-refractivity contribution in [2.24, 2.45) is 0 Å². The first-order chi connectivity index (χ1) is 11.1. The van der Waals surface area contributed by atoms with Gasteiger partial charge >= 0.3 is 0 Å². The van der Waals surface area contributed by atoms with Gasteiger partial charge in [0, 0.05) is 11.9 Å². The molecule has 1 amide bonds. The number of halogens is 1. The number of thiocarbonyl (C=S) groups is 1. The Hall–Kier alpha value is -1.31. The number of amides is 1. The van der Waals surface area contributed by atoms with Crippen LogP contribution in [0.5, 0.6) is 11.5 Å². The number of alkyl halides is 1. The number of carbonyl (C=O) groups is 1. The van der Waals surface area contributed by atoms with Crippen LogP contribution < -0.4 is 9.47 Å². The highest BCUT2D eigenvalue weighted by Gasteiger charge is 2.30. The summed E-state index contributed by atoms with van der Waals surface area (Å²) in [6, 6.07) is 5.55. The van der Waals surface area contributed by atoms with Crippen molar-refractivity contribution >= 4 is 56.2 Å². The van der Waals surface area contributed by atoms with Crippen LogP contribution in [0.4, 0.5) is 0 Å². The zero-order chi connectivity index (χ0) is 16.8. The molecule has 1 aliphatic heterocycles. The lowest BCUT2D eigenvalue weighted by atomic mass is 10.2. The highest BCUT2D eigenvalue weighted by Crippen LogP contribution is 2.34. The summed E-state index contributed by atoms with van der Waals surface area (Å²) in [5, 5.41) is 0.740. The molecule has 4 nitrogen and oxygen atoms in total. The Morgan fingerprint density at radius 2 is 2.22 bits per heavy atom. The van der Waals surface area contributed by atoms with Gasteiger partial charge in [0.1, 0.15) is 4.32 Å². The van der Waals surface area contributed by atoms with E-state index < -0.39 is 0 Å². The second kappa shape index (κ2) is 8.52. The maximum atomic E-state index is 12.3. The topological polar surface area (TPSA) is 38.8 Å². The van der Waals surface area contributed by atoms with Crippen molar-refractivity contribution in [3.8, 4) is 11.5 Å². The largest absolute Gasteiger partial charge is 0.493 e. The molecule has 0 atom stereocenters. The van der Waals surface area contributed by atoms with Crippen LogP contribution in [0.3, 0.4) is 0 Å².